The molecule has 3 amide bonds. The molecular formula is C19H12Cl2F3N3O4. The lowest BCUT2D eigenvalue weighted by Gasteiger charge is -2.27. The molecule has 162 valence electrons. The summed E-state index contributed by atoms with van der Waals surface area (Å²) >= 11 is 11.8. The summed E-state index contributed by atoms with van der Waals surface area (Å²) in [7, 11) is 0. The highest BCUT2D eigenvalue weighted by atomic mass is 35.5. The van der Waals surface area contributed by atoms with E-state index >= 15 is 0 Å². The molecule has 1 aromatic carbocycles. The molecule has 1 aromatic heterocycles. The maximum Gasteiger partial charge on any atom is 0.573 e. The molecular weight excluding hydrogens is 462 g/mol. The second-order valence-electron chi connectivity index (χ2n) is 7.10. The number of Topliss-reactive ketones (excluding diaryl/α,β-unsaturated/α-hetero) is 1. The molecule has 2 fully saturated rings. The number of anilines is 1. The minimum atomic E-state index is -4.84. The summed E-state index contributed by atoms with van der Waals surface area (Å²) in [4.78, 5) is 44.4. The summed E-state index contributed by atoms with van der Waals surface area (Å²) in [6.07, 6.45) is -5.13. The van der Waals surface area contributed by atoms with E-state index in [2.05, 4.69) is 9.72 Å². The predicted octanol–water partition coefficient (Wildman–Crippen LogP) is 4.01. The van der Waals surface area contributed by atoms with Gasteiger partial charge in [0, 0.05) is 12.8 Å². The number of ketones is 1. The molecule has 7 nitrogen and oxygen atoms in total. The van der Waals surface area contributed by atoms with Crippen LogP contribution in [0.15, 0.2) is 36.4 Å². The molecule has 3 heterocycles. The quantitative estimate of drug-likeness (QED) is 0.495. The topological polar surface area (TPSA) is 79.8 Å². The van der Waals surface area contributed by atoms with Crippen molar-refractivity contribution in [3.63, 3.8) is 0 Å². The van der Waals surface area contributed by atoms with Crippen molar-refractivity contribution >= 4 is 46.6 Å². The molecule has 0 radical (unpaired) electrons. The number of alkyl halides is 3. The van der Waals surface area contributed by atoms with Gasteiger partial charge in [-0.25, -0.2) is 14.7 Å². The molecule has 2 saturated heterocycles. The van der Waals surface area contributed by atoms with Crippen LogP contribution in [0.25, 0.3) is 0 Å². The van der Waals surface area contributed by atoms with Crippen LogP contribution in [0.1, 0.15) is 12.0 Å². The summed E-state index contributed by atoms with van der Waals surface area (Å²) in [6.45, 7) is -0.261. The molecule has 0 saturated carbocycles. The highest BCUT2D eigenvalue weighted by Crippen LogP contribution is 2.41. The van der Waals surface area contributed by atoms with Crippen molar-refractivity contribution in [3.05, 3.63) is 52.3 Å². The van der Waals surface area contributed by atoms with Gasteiger partial charge in [0.2, 0.25) is 0 Å². The van der Waals surface area contributed by atoms with Crippen LogP contribution in [-0.4, -0.2) is 46.1 Å². The third kappa shape index (κ3) is 3.92. The van der Waals surface area contributed by atoms with Crippen LogP contribution in [0, 0.1) is 0 Å². The number of nitrogens with zero attached hydrogens (tertiary/aromatic N) is 3. The molecule has 2 aliphatic rings. The Morgan fingerprint density at radius 3 is 2.26 bits per heavy atom. The number of hydrogen-bond acceptors (Lipinski definition) is 5. The van der Waals surface area contributed by atoms with Gasteiger partial charge in [0.05, 0.1) is 12.2 Å². The molecule has 12 heteroatoms. The Morgan fingerprint density at radius 1 is 1.06 bits per heavy atom. The van der Waals surface area contributed by atoms with E-state index in [9.17, 15) is 27.6 Å². The summed E-state index contributed by atoms with van der Waals surface area (Å²) in [5, 5.41) is -0.0546. The highest BCUT2D eigenvalue weighted by Gasteiger charge is 2.62. The minimum absolute atomic E-state index is 0.0273. The zero-order valence-corrected chi connectivity index (χ0v) is 17.0. The van der Waals surface area contributed by atoms with Crippen molar-refractivity contribution in [2.45, 2.75) is 24.7 Å². The Hall–Kier alpha value is -2.85. The lowest BCUT2D eigenvalue weighted by atomic mass is 9.87. The Bertz CT molecular complexity index is 1070. The molecule has 0 spiro atoms. The van der Waals surface area contributed by atoms with Gasteiger partial charge in [0.25, 0.3) is 5.91 Å². The Labute approximate surface area is 183 Å². The summed E-state index contributed by atoms with van der Waals surface area (Å²) in [5.74, 6) is -1.38. The average Bonchev–Trinajstić information content (AvgIpc) is 3.07. The number of pyridine rings is 1. The van der Waals surface area contributed by atoms with Crippen LogP contribution in [0.5, 0.6) is 5.75 Å². The molecule has 2 aromatic rings. The molecule has 0 bridgehead atoms. The number of carbonyl (C=O) groups is 3. The fraction of sp³-hybridized carbons (Fsp3) is 0.263. The van der Waals surface area contributed by atoms with Crippen LogP contribution in [0.3, 0.4) is 0 Å². The Balaban J connectivity index is 1.67. The van der Waals surface area contributed by atoms with Crippen LogP contribution in [-0.2, 0) is 16.0 Å². The summed E-state index contributed by atoms with van der Waals surface area (Å²) < 4.78 is 40.9. The summed E-state index contributed by atoms with van der Waals surface area (Å²) in [5.41, 5.74) is -0.943. The molecule has 0 aliphatic carbocycles. The van der Waals surface area contributed by atoms with Crippen molar-refractivity contribution in [1.29, 1.82) is 0 Å². The smallest absolute Gasteiger partial charge is 0.406 e. The van der Waals surface area contributed by atoms with Gasteiger partial charge in [-0.2, -0.15) is 0 Å². The molecule has 1 atom stereocenters. The van der Waals surface area contributed by atoms with Crippen LogP contribution in [0.2, 0.25) is 10.3 Å². The molecule has 2 aliphatic heterocycles. The number of rotatable bonds is 4. The van der Waals surface area contributed by atoms with E-state index in [1.807, 2.05) is 0 Å². The van der Waals surface area contributed by atoms with Gasteiger partial charge in [0.15, 0.2) is 5.78 Å². The van der Waals surface area contributed by atoms with Crippen molar-refractivity contribution in [2.75, 3.05) is 11.4 Å². The lowest BCUT2D eigenvalue weighted by Crippen LogP contribution is -2.47. The second kappa shape index (κ2) is 7.38. The van der Waals surface area contributed by atoms with Gasteiger partial charge in [-0.3, -0.25) is 9.59 Å². The molecule has 31 heavy (non-hydrogen) atoms. The number of fused-ring (bicyclic) bond motifs is 1. The number of halogens is 5. The Morgan fingerprint density at radius 2 is 1.68 bits per heavy atom. The largest absolute Gasteiger partial charge is 0.573 e. The van der Waals surface area contributed by atoms with Gasteiger partial charge in [-0.15, -0.1) is 13.2 Å². The number of hydrogen-bond donors (Lipinski definition) is 0. The lowest BCUT2D eigenvalue weighted by molar-refractivity contribution is -0.274. The first-order valence-electron chi connectivity index (χ1n) is 8.84. The minimum Gasteiger partial charge on any atom is -0.406 e. The van der Waals surface area contributed by atoms with Gasteiger partial charge in [-0.05, 0) is 29.8 Å². The number of benzene rings is 1. The first kappa shape index (κ1) is 21.4. The zero-order chi connectivity index (χ0) is 22.6. The standard InChI is InChI=1S/C19H12Cl2F3N3O4/c20-14-5-11(6-15(21)25-14)27-16(29)18(8-12(28)9-26(18)17(27)30)7-10-1-3-13(4-2-10)31-19(22,23)24/h1-6H,7-9H2/t18-/m1/s1. The number of imide groups is 1. The average molecular weight is 474 g/mol. The fourth-order valence-electron chi connectivity index (χ4n) is 3.85. The maximum absolute atomic E-state index is 13.4. The predicted molar refractivity (Wildman–Crippen MR) is 103 cm³/mol. The van der Waals surface area contributed by atoms with Gasteiger partial charge < -0.3 is 9.64 Å². The first-order chi connectivity index (χ1) is 14.5. The highest BCUT2D eigenvalue weighted by molar-refractivity contribution is 6.34. The van der Waals surface area contributed by atoms with Crippen LogP contribution >= 0.6 is 23.2 Å². The van der Waals surface area contributed by atoms with Crippen molar-refractivity contribution in [1.82, 2.24) is 9.88 Å². The molecule has 4 rings (SSSR count). The fourth-order valence-corrected chi connectivity index (χ4v) is 4.30. The SMILES string of the molecule is O=C1CN2C(=O)N(c3cc(Cl)nc(Cl)c3)C(=O)[C@@]2(Cc2ccc(OC(F)(F)F)cc2)C1. The van der Waals surface area contributed by atoms with E-state index in [1.54, 1.807) is 0 Å². The van der Waals surface area contributed by atoms with Crippen LogP contribution in [0.4, 0.5) is 23.7 Å². The monoisotopic (exact) mass is 473 g/mol. The third-order valence-corrected chi connectivity index (χ3v) is 5.41. The maximum atomic E-state index is 13.4. The third-order valence-electron chi connectivity index (χ3n) is 5.02. The zero-order valence-electron chi connectivity index (χ0n) is 15.4. The van der Waals surface area contributed by atoms with Gasteiger partial charge in [0.1, 0.15) is 21.6 Å². The van der Waals surface area contributed by atoms with E-state index in [1.165, 1.54) is 29.2 Å². The van der Waals surface area contributed by atoms with E-state index in [-0.39, 0.29) is 41.2 Å². The van der Waals surface area contributed by atoms with Crippen molar-refractivity contribution in [3.8, 4) is 5.75 Å². The summed E-state index contributed by atoms with van der Waals surface area (Å²) in [6, 6.07) is 6.76. The molecule has 0 N–H and O–H groups in total. The number of aromatic nitrogens is 1. The number of urea groups is 1. The van der Waals surface area contributed by atoms with Gasteiger partial charge in [-0.1, -0.05) is 35.3 Å². The van der Waals surface area contributed by atoms with Crippen molar-refractivity contribution in [2.24, 2.45) is 0 Å². The number of amides is 3. The van der Waals surface area contributed by atoms with Gasteiger partial charge >= 0.3 is 12.4 Å². The van der Waals surface area contributed by atoms with E-state index < -0.39 is 29.6 Å². The van der Waals surface area contributed by atoms with Crippen molar-refractivity contribution < 1.29 is 32.3 Å². The Kier molecular flexibility index (Phi) is 5.09. The van der Waals surface area contributed by atoms with E-state index in [0.29, 0.717) is 5.56 Å². The molecule has 0 unspecified atom stereocenters. The first-order valence-corrected chi connectivity index (χ1v) is 9.60. The number of carbonyl (C=O) groups excluding carboxylic acids is 3. The van der Waals surface area contributed by atoms with E-state index in [0.717, 1.165) is 17.0 Å². The second-order valence-corrected chi connectivity index (χ2v) is 7.87. The number of ether oxygens (including phenoxy) is 1. The van der Waals surface area contributed by atoms with Crippen LogP contribution < -0.4 is 9.64 Å². The normalized spacial score (nSPS) is 21.1. The van der Waals surface area contributed by atoms with E-state index in [4.69, 9.17) is 23.2 Å².